The van der Waals surface area contributed by atoms with E-state index in [1.54, 1.807) is 6.08 Å². The lowest BCUT2D eigenvalue weighted by molar-refractivity contribution is 0.0235. The molecule has 1 aliphatic rings. The molecule has 0 aromatic carbocycles. The summed E-state index contributed by atoms with van der Waals surface area (Å²) in [7, 11) is 0. The predicted octanol–water partition coefficient (Wildman–Crippen LogP) is 2.00. The number of hydrogen-bond donors (Lipinski definition) is 1. The fraction of sp³-hybridized carbons (Fsp3) is 0.714. The van der Waals surface area contributed by atoms with Gasteiger partial charge >= 0.3 is 0 Å². The first-order valence-corrected chi connectivity index (χ1v) is 3.71. The van der Waals surface area contributed by atoms with Crippen LogP contribution in [0.15, 0.2) is 12.7 Å². The average molecular weight is 144 g/mol. The van der Waals surface area contributed by atoms with E-state index < -0.39 is 0 Å². The molecule has 9 heavy (non-hydrogen) atoms. The number of thiol groups is 1. The third-order valence-corrected chi connectivity index (χ3v) is 2.14. The van der Waals surface area contributed by atoms with Crippen LogP contribution in [0.5, 0.6) is 0 Å². The molecule has 0 bridgehead atoms. The molecule has 52 valence electrons. The Balaban J connectivity index is 2.46. The van der Waals surface area contributed by atoms with Gasteiger partial charge in [0.1, 0.15) is 4.93 Å². The van der Waals surface area contributed by atoms with Gasteiger partial charge in [0.2, 0.25) is 0 Å². The fourth-order valence-corrected chi connectivity index (χ4v) is 1.21. The van der Waals surface area contributed by atoms with Crippen molar-refractivity contribution in [3.05, 3.63) is 12.7 Å². The maximum Gasteiger partial charge on any atom is 0.129 e. The van der Waals surface area contributed by atoms with Crippen molar-refractivity contribution in [2.24, 2.45) is 0 Å². The first-order chi connectivity index (χ1) is 4.27. The minimum absolute atomic E-state index is 0.321. The van der Waals surface area contributed by atoms with Gasteiger partial charge in [-0.25, -0.2) is 0 Å². The molecule has 0 N–H and O–H groups in total. The summed E-state index contributed by atoms with van der Waals surface area (Å²) in [6, 6.07) is 0. The first-order valence-electron chi connectivity index (χ1n) is 3.27. The maximum atomic E-state index is 5.36. The van der Waals surface area contributed by atoms with E-state index in [0.717, 1.165) is 19.4 Å². The van der Waals surface area contributed by atoms with Gasteiger partial charge in [-0.2, -0.15) is 0 Å². The van der Waals surface area contributed by atoms with Crippen LogP contribution in [0.2, 0.25) is 0 Å². The lowest BCUT2D eigenvalue weighted by Crippen LogP contribution is -2.27. The minimum atomic E-state index is -0.321. The molecule has 1 heterocycles. The summed E-state index contributed by atoms with van der Waals surface area (Å²) in [5, 5.41) is 0. The highest BCUT2D eigenvalue weighted by molar-refractivity contribution is 7.81. The van der Waals surface area contributed by atoms with Gasteiger partial charge in [0.05, 0.1) is 0 Å². The molecule has 1 fully saturated rings. The van der Waals surface area contributed by atoms with Crippen molar-refractivity contribution in [3.63, 3.8) is 0 Å². The molecule has 1 unspecified atom stereocenters. The van der Waals surface area contributed by atoms with Crippen LogP contribution < -0.4 is 0 Å². The summed E-state index contributed by atoms with van der Waals surface area (Å²) < 4.78 is 5.36. The Hall–Kier alpha value is 0.0500. The lowest BCUT2D eigenvalue weighted by Gasteiger charge is -2.29. The third kappa shape index (κ3) is 1.73. The van der Waals surface area contributed by atoms with Crippen LogP contribution in [0.3, 0.4) is 0 Å². The Kier molecular flexibility index (Phi) is 2.19. The second-order valence-corrected chi connectivity index (χ2v) is 3.11. The number of hydrogen-bond acceptors (Lipinski definition) is 2. The zero-order valence-corrected chi connectivity index (χ0v) is 6.36. The standard InChI is InChI=1S/C7H12OS/c1-2-7(9)5-3-4-6-8-7/h2,9H,1,3-6H2. The van der Waals surface area contributed by atoms with Crippen molar-refractivity contribution in [3.8, 4) is 0 Å². The quantitative estimate of drug-likeness (QED) is 0.437. The van der Waals surface area contributed by atoms with E-state index in [-0.39, 0.29) is 4.93 Å². The minimum Gasteiger partial charge on any atom is -0.361 e. The summed E-state index contributed by atoms with van der Waals surface area (Å²) in [6.07, 6.45) is 5.14. The predicted molar refractivity (Wildman–Crippen MR) is 41.7 cm³/mol. The van der Waals surface area contributed by atoms with Crippen molar-refractivity contribution in [2.45, 2.75) is 24.2 Å². The van der Waals surface area contributed by atoms with Crippen molar-refractivity contribution in [1.29, 1.82) is 0 Å². The molecule has 1 aliphatic heterocycles. The molecule has 0 aliphatic carbocycles. The van der Waals surface area contributed by atoms with Crippen LogP contribution in [-0.2, 0) is 4.74 Å². The van der Waals surface area contributed by atoms with Gasteiger partial charge < -0.3 is 4.74 Å². The number of ether oxygens (including phenoxy) is 1. The molecular formula is C7H12OS. The Morgan fingerprint density at radius 2 is 2.33 bits per heavy atom. The monoisotopic (exact) mass is 144 g/mol. The molecule has 1 nitrogen and oxygen atoms in total. The van der Waals surface area contributed by atoms with Gasteiger partial charge in [-0.05, 0) is 19.3 Å². The van der Waals surface area contributed by atoms with E-state index in [1.807, 2.05) is 0 Å². The van der Waals surface area contributed by atoms with Crippen LogP contribution in [0.1, 0.15) is 19.3 Å². The van der Waals surface area contributed by atoms with E-state index in [9.17, 15) is 0 Å². The summed E-state index contributed by atoms with van der Waals surface area (Å²) in [5.41, 5.74) is 0. The fourth-order valence-electron chi connectivity index (χ4n) is 0.962. The van der Waals surface area contributed by atoms with Gasteiger partial charge in [0.25, 0.3) is 0 Å². The van der Waals surface area contributed by atoms with E-state index in [0.29, 0.717) is 0 Å². The Morgan fingerprint density at radius 1 is 1.56 bits per heavy atom. The van der Waals surface area contributed by atoms with Crippen molar-refractivity contribution < 1.29 is 4.74 Å². The molecule has 1 rings (SSSR count). The van der Waals surface area contributed by atoms with Gasteiger partial charge in [0, 0.05) is 6.61 Å². The molecule has 0 spiro atoms. The molecule has 0 amide bonds. The van der Waals surface area contributed by atoms with Crippen LogP contribution in [0.25, 0.3) is 0 Å². The highest BCUT2D eigenvalue weighted by Gasteiger charge is 2.24. The molecule has 0 aromatic heterocycles. The van der Waals surface area contributed by atoms with Crippen LogP contribution in [0, 0.1) is 0 Å². The molecule has 0 saturated carbocycles. The largest absolute Gasteiger partial charge is 0.361 e. The Bertz CT molecular complexity index is 105. The van der Waals surface area contributed by atoms with Crippen molar-refractivity contribution in [2.75, 3.05) is 6.61 Å². The summed E-state index contributed by atoms with van der Waals surface area (Å²) in [5.74, 6) is 0. The SMILES string of the molecule is C=CC1(S)CCCCO1. The molecule has 1 saturated heterocycles. The average Bonchev–Trinajstić information content (AvgIpc) is 1.90. The summed E-state index contributed by atoms with van der Waals surface area (Å²) in [6.45, 7) is 4.48. The highest BCUT2D eigenvalue weighted by Crippen LogP contribution is 2.28. The van der Waals surface area contributed by atoms with E-state index in [2.05, 4.69) is 19.2 Å². The van der Waals surface area contributed by atoms with Gasteiger partial charge in [-0.3, -0.25) is 0 Å². The smallest absolute Gasteiger partial charge is 0.129 e. The van der Waals surface area contributed by atoms with Crippen molar-refractivity contribution >= 4 is 12.6 Å². The lowest BCUT2D eigenvalue weighted by atomic mass is 10.1. The van der Waals surface area contributed by atoms with Gasteiger partial charge in [-0.15, -0.1) is 12.6 Å². The van der Waals surface area contributed by atoms with Crippen molar-refractivity contribution in [1.82, 2.24) is 0 Å². The molecule has 2 heteroatoms. The maximum absolute atomic E-state index is 5.36. The molecule has 1 atom stereocenters. The zero-order chi connectivity index (χ0) is 6.74. The third-order valence-electron chi connectivity index (χ3n) is 1.60. The van der Waals surface area contributed by atoms with E-state index >= 15 is 0 Å². The van der Waals surface area contributed by atoms with E-state index in [1.165, 1.54) is 6.42 Å². The Morgan fingerprint density at radius 3 is 2.67 bits per heavy atom. The Labute approximate surface area is 61.5 Å². The van der Waals surface area contributed by atoms with Gasteiger partial charge in [0.15, 0.2) is 0 Å². The normalized spacial score (nSPS) is 36.1. The molecule has 0 aromatic rings. The summed E-state index contributed by atoms with van der Waals surface area (Å²) >= 11 is 4.31. The van der Waals surface area contributed by atoms with Crippen LogP contribution >= 0.6 is 12.6 Å². The zero-order valence-electron chi connectivity index (χ0n) is 5.47. The summed E-state index contributed by atoms with van der Waals surface area (Å²) in [4.78, 5) is -0.321. The molecular weight excluding hydrogens is 132 g/mol. The highest BCUT2D eigenvalue weighted by atomic mass is 32.1. The second-order valence-electron chi connectivity index (χ2n) is 2.35. The molecule has 0 radical (unpaired) electrons. The number of rotatable bonds is 1. The second kappa shape index (κ2) is 2.76. The first kappa shape index (κ1) is 7.16. The van der Waals surface area contributed by atoms with Crippen LogP contribution in [0.4, 0.5) is 0 Å². The van der Waals surface area contributed by atoms with E-state index in [4.69, 9.17) is 4.74 Å². The topological polar surface area (TPSA) is 9.23 Å². The van der Waals surface area contributed by atoms with Gasteiger partial charge in [-0.1, -0.05) is 12.7 Å². The van der Waals surface area contributed by atoms with Crippen LogP contribution in [-0.4, -0.2) is 11.5 Å².